The lowest BCUT2D eigenvalue weighted by molar-refractivity contribution is -0.136. The van der Waals surface area contributed by atoms with Crippen LogP contribution in [-0.4, -0.2) is 59.4 Å². The van der Waals surface area contributed by atoms with Crippen molar-refractivity contribution in [3.05, 3.63) is 94.5 Å². The average molecular weight is 537 g/mol. The van der Waals surface area contributed by atoms with Crippen molar-refractivity contribution >= 4 is 52.3 Å². The number of anilines is 2. The van der Waals surface area contributed by atoms with Crippen LogP contribution < -0.4 is 10.2 Å². The molecule has 5 rings (SSSR count). The number of hydrogen-bond donors (Lipinski definition) is 1. The molecule has 37 heavy (non-hydrogen) atoms. The number of amides is 3. The summed E-state index contributed by atoms with van der Waals surface area (Å²) in [5.41, 5.74) is 1.22. The van der Waals surface area contributed by atoms with Gasteiger partial charge in [-0.2, -0.15) is 0 Å². The third kappa shape index (κ3) is 5.02. The fourth-order valence-corrected chi connectivity index (χ4v) is 5.41. The number of carbonyl (C=O) groups excluding carboxylic acids is 3. The van der Waals surface area contributed by atoms with Gasteiger partial charge in [0.05, 0.1) is 16.7 Å². The number of para-hydroxylation sites is 2. The molecule has 2 saturated heterocycles. The molecular formula is C28H26Cl2N4O3. The summed E-state index contributed by atoms with van der Waals surface area (Å²) in [6.45, 7) is 1.05. The van der Waals surface area contributed by atoms with Crippen LogP contribution >= 0.6 is 23.2 Å². The first-order chi connectivity index (χ1) is 17.9. The average Bonchev–Trinajstić information content (AvgIpc) is 3.17. The Morgan fingerprint density at radius 3 is 2.16 bits per heavy atom. The van der Waals surface area contributed by atoms with Crippen molar-refractivity contribution in [3.63, 3.8) is 0 Å². The molecule has 0 saturated carbocycles. The van der Waals surface area contributed by atoms with Crippen LogP contribution in [0.2, 0.25) is 10.0 Å². The second-order valence-corrected chi connectivity index (χ2v) is 10.1. The molecule has 1 spiro atoms. The van der Waals surface area contributed by atoms with Crippen LogP contribution in [0.1, 0.15) is 23.2 Å². The van der Waals surface area contributed by atoms with Crippen LogP contribution in [0.5, 0.6) is 0 Å². The normalized spacial score (nSPS) is 16.8. The summed E-state index contributed by atoms with van der Waals surface area (Å²) < 4.78 is 0. The monoisotopic (exact) mass is 536 g/mol. The molecule has 3 amide bonds. The Labute approximate surface area is 225 Å². The Morgan fingerprint density at radius 2 is 1.51 bits per heavy atom. The highest BCUT2D eigenvalue weighted by molar-refractivity contribution is 6.42. The molecule has 3 aromatic carbocycles. The largest absolute Gasteiger partial charge is 0.339 e. The van der Waals surface area contributed by atoms with E-state index < -0.39 is 5.54 Å². The molecule has 190 valence electrons. The highest BCUT2D eigenvalue weighted by atomic mass is 35.5. The van der Waals surface area contributed by atoms with Gasteiger partial charge in [-0.15, -0.1) is 0 Å². The molecule has 2 heterocycles. The third-order valence-corrected chi connectivity index (χ3v) is 7.76. The Kier molecular flexibility index (Phi) is 7.09. The van der Waals surface area contributed by atoms with Crippen LogP contribution in [0.25, 0.3) is 0 Å². The Bertz CT molecular complexity index is 1310. The van der Waals surface area contributed by atoms with Crippen molar-refractivity contribution in [1.29, 1.82) is 0 Å². The SMILES string of the molecule is O=C(CN1CN(c2ccccc2)C2(CCN(C(=O)c3ccc(Cl)c(Cl)c3)CC2)C1=O)Nc1ccccc1. The Morgan fingerprint density at radius 1 is 0.865 bits per heavy atom. The second kappa shape index (κ2) is 10.4. The summed E-state index contributed by atoms with van der Waals surface area (Å²) in [5, 5.41) is 3.58. The lowest BCUT2D eigenvalue weighted by Crippen LogP contribution is -2.57. The van der Waals surface area contributed by atoms with Crippen molar-refractivity contribution in [2.75, 3.05) is 36.5 Å². The molecule has 0 aromatic heterocycles. The lowest BCUT2D eigenvalue weighted by atomic mass is 9.85. The van der Waals surface area contributed by atoms with Crippen LogP contribution in [0.4, 0.5) is 11.4 Å². The first-order valence-corrected chi connectivity index (χ1v) is 12.8. The van der Waals surface area contributed by atoms with Crippen molar-refractivity contribution in [2.24, 2.45) is 0 Å². The van der Waals surface area contributed by atoms with Gasteiger partial charge in [-0.05, 0) is 55.3 Å². The quantitative estimate of drug-likeness (QED) is 0.502. The van der Waals surface area contributed by atoms with Gasteiger partial charge in [-0.25, -0.2) is 0 Å². The molecular weight excluding hydrogens is 511 g/mol. The first kappa shape index (κ1) is 25.1. The molecule has 0 unspecified atom stereocenters. The minimum absolute atomic E-state index is 0.0509. The van der Waals surface area contributed by atoms with E-state index in [0.717, 1.165) is 5.69 Å². The van der Waals surface area contributed by atoms with E-state index in [4.69, 9.17) is 23.2 Å². The summed E-state index contributed by atoms with van der Waals surface area (Å²) in [6.07, 6.45) is 0.898. The number of benzene rings is 3. The van der Waals surface area contributed by atoms with E-state index in [1.165, 1.54) is 0 Å². The van der Waals surface area contributed by atoms with E-state index in [-0.39, 0.29) is 24.3 Å². The number of nitrogens with zero attached hydrogens (tertiary/aromatic N) is 3. The summed E-state index contributed by atoms with van der Waals surface area (Å²) in [4.78, 5) is 45.2. The van der Waals surface area contributed by atoms with Gasteiger partial charge >= 0.3 is 0 Å². The Hall–Kier alpha value is -3.55. The molecule has 2 aliphatic rings. The Balaban J connectivity index is 1.34. The minimum Gasteiger partial charge on any atom is -0.339 e. The highest BCUT2D eigenvalue weighted by Gasteiger charge is 2.54. The molecule has 7 nitrogen and oxygen atoms in total. The molecule has 1 N–H and O–H groups in total. The number of hydrogen-bond acceptors (Lipinski definition) is 4. The summed E-state index contributed by atoms with van der Waals surface area (Å²) in [7, 11) is 0. The topological polar surface area (TPSA) is 73.0 Å². The standard InChI is InChI=1S/C28H26Cl2N4O3/c29-23-12-11-20(17-24(23)30)26(36)32-15-13-28(14-16-32)27(37)33(19-34(28)22-9-5-2-6-10-22)18-25(35)31-21-7-3-1-4-8-21/h1-12,17H,13-16,18-19H2,(H,31,35). The van der Waals surface area contributed by atoms with Crippen LogP contribution in [-0.2, 0) is 9.59 Å². The maximum atomic E-state index is 13.9. The number of nitrogens with one attached hydrogen (secondary N) is 1. The van der Waals surface area contributed by atoms with Crippen LogP contribution in [0.15, 0.2) is 78.9 Å². The fraction of sp³-hybridized carbons (Fsp3) is 0.250. The van der Waals surface area contributed by atoms with Crippen LogP contribution in [0.3, 0.4) is 0 Å². The molecule has 0 atom stereocenters. The number of likely N-dealkylation sites (tertiary alicyclic amines) is 1. The first-order valence-electron chi connectivity index (χ1n) is 12.1. The summed E-state index contributed by atoms with van der Waals surface area (Å²) in [6, 6.07) is 23.7. The van der Waals surface area contributed by atoms with Gasteiger partial charge in [0.25, 0.3) is 11.8 Å². The molecule has 0 bridgehead atoms. The second-order valence-electron chi connectivity index (χ2n) is 9.27. The smallest absolute Gasteiger partial charge is 0.253 e. The third-order valence-electron chi connectivity index (χ3n) is 7.02. The van der Waals surface area contributed by atoms with E-state index in [9.17, 15) is 14.4 Å². The van der Waals surface area contributed by atoms with Gasteiger partial charge in [0, 0.05) is 30.0 Å². The number of halogens is 2. The van der Waals surface area contributed by atoms with Crippen molar-refractivity contribution in [1.82, 2.24) is 9.80 Å². The van der Waals surface area contributed by atoms with E-state index >= 15 is 0 Å². The number of piperidine rings is 1. The summed E-state index contributed by atoms with van der Waals surface area (Å²) in [5.74, 6) is -0.498. The molecule has 2 fully saturated rings. The molecule has 3 aromatic rings. The van der Waals surface area contributed by atoms with Gasteiger partial charge in [-0.1, -0.05) is 59.6 Å². The zero-order valence-corrected chi connectivity index (χ0v) is 21.6. The zero-order chi connectivity index (χ0) is 26.0. The fourth-order valence-electron chi connectivity index (χ4n) is 5.11. The minimum atomic E-state index is -0.831. The maximum Gasteiger partial charge on any atom is 0.253 e. The predicted octanol–water partition coefficient (Wildman–Crippen LogP) is 4.91. The van der Waals surface area contributed by atoms with Gasteiger partial charge in [-0.3, -0.25) is 14.4 Å². The van der Waals surface area contributed by atoms with Crippen molar-refractivity contribution < 1.29 is 14.4 Å². The van der Waals surface area contributed by atoms with Crippen molar-refractivity contribution in [2.45, 2.75) is 18.4 Å². The molecule has 2 aliphatic heterocycles. The van der Waals surface area contributed by atoms with E-state index in [2.05, 4.69) is 10.2 Å². The zero-order valence-electron chi connectivity index (χ0n) is 20.1. The maximum absolute atomic E-state index is 13.9. The van der Waals surface area contributed by atoms with Crippen LogP contribution in [0, 0.1) is 0 Å². The van der Waals surface area contributed by atoms with Gasteiger partial charge in [0.1, 0.15) is 12.1 Å². The van der Waals surface area contributed by atoms with E-state index in [0.29, 0.717) is 53.9 Å². The number of carbonyl (C=O) groups is 3. The van der Waals surface area contributed by atoms with E-state index in [1.807, 2.05) is 60.7 Å². The molecule has 9 heteroatoms. The van der Waals surface area contributed by atoms with Gasteiger partial charge in [0.2, 0.25) is 5.91 Å². The molecule has 0 aliphatic carbocycles. The van der Waals surface area contributed by atoms with Gasteiger partial charge < -0.3 is 20.0 Å². The highest BCUT2D eigenvalue weighted by Crippen LogP contribution is 2.39. The lowest BCUT2D eigenvalue weighted by Gasteiger charge is -2.43. The van der Waals surface area contributed by atoms with E-state index in [1.54, 1.807) is 28.0 Å². The van der Waals surface area contributed by atoms with Crippen molar-refractivity contribution in [3.8, 4) is 0 Å². The van der Waals surface area contributed by atoms with Gasteiger partial charge in [0.15, 0.2) is 0 Å². The number of rotatable bonds is 5. The predicted molar refractivity (Wildman–Crippen MR) is 145 cm³/mol. The molecule has 0 radical (unpaired) electrons. The summed E-state index contributed by atoms with van der Waals surface area (Å²) >= 11 is 12.1.